The molecule has 2 heterocycles. The molecule has 0 saturated carbocycles. The molecule has 0 aromatic carbocycles. The monoisotopic (exact) mass is 226 g/mol. The predicted molar refractivity (Wildman–Crippen MR) is 66.2 cm³/mol. The molecular formula is C14H14N2O. The van der Waals surface area contributed by atoms with Gasteiger partial charge in [-0.15, -0.1) is 0 Å². The maximum Gasteiger partial charge on any atom is 0.163 e. The van der Waals surface area contributed by atoms with E-state index in [2.05, 4.69) is 16.2 Å². The van der Waals surface area contributed by atoms with Crippen LogP contribution in [0.15, 0.2) is 41.2 Å². The molecule has 3 nitrogen and oxygen atoms in total. The van der Waals surface area contributed by atoms with Gasteiger partial charge >= 0.3 is 0 Å². The molecule has 86 valence electrons. The number of nitrogens with zero attached hydrogens (tertiary/aromatic N) is 2. The first-order chi connectivity index (χ1) is 8.43. The van der Waals surface area contributed by atoms with E-state index in [1.807, 2.05) is 18.2 Å². The van der Waals surface area contributed by atoms with Crippen LogP contribution < -0.4 is 0 Å². The molecule has 0 unspecified atom stereocenters. The van der Waals surface area contributed by atoms with Crippen LogP contribution in [0.1, 0.15) is 31.4 Å². The van der Waals surface area contributed by atoms with E-state index < -0.39 is 0 Å². The molecule has 1 aliphatic carbocycles. The Balaban J connectivity index is 1.90. The highest BCUT2D eigenvalue weighted by Crippen LogP contribution is 2.29. The number of pyridine rings is 1. The van der Waals surface area contributed by atoms with Crippen molar-refractivity contribution in [2.75, 3.05) is 0 Å². The van der Waals surface area contributed by atoms with Gasteiger partial charge in [0.05, 0.1) is 0 Å². The molecule has 0 fully saturated rings. The van der Waals surface area contributed by atoms with Crippen molar-refractivity contribution in [1.82, 2.24) is 10.1 Å². The van der Waals surface area contributed by atoms with Crippen LogP contribution in [0.5, 0.6) is 0 Å². The topological polar surface area (TPSA) is 38.9 Å². The fourth-order valence-corrected chi connectivity index (χ4v) is 2.14. The fourth-order valence-electron chi connectivity index (χ4n) is 2.14. The fraction of sp³-hybridized carbons (Fsp3) is 0.286. The largest absolute Gasteiger partial charge is 0.356 e. The standard InChI is InChI=1S/C14H14N2O/c1-2-5-11(6-3-1)14-9-13(16-17-14)12-7-4-8-15-10-12/h4-5,7-10H,1-3,6H2. The summed E-state index contributed by atoms with van der Waals surface area (Å²) in [5.74, 6) is 0.906. The Morgan fingerprint density at radius 2 is 2.24 bits per heavy atom. The molecule has 2 aromatic heterocycles. The third kappa shape index (κ3) is 2.13. The minimum Gasteiger partial charge on any atom is -0.356 e. The summed E-state index contributed by atoms with van der Waals surface area (Å²) in [6.45, 7) is 0. The first-order valence-corrected chi connectivity index (χ1v) is 6.00. The van der Waals surface area contributed by atoms with Gasteiger partial charge in [-0.1, -0.05) is 11.2 Å². The number of hydrogen-bond donors (Lipinski definition) is 0. The minimum atomic E-state index is 0.861. The molecule has 1 aliphatic rings. The quantitative estimate of drug-likeness (QED) is 0.783. The van der Waals surface area contributed by atoms with Crippen molar-refractivity contribution in [3.05, 3.63) is 42.4 Å². The second kappa shape index (κ2) is 4.53. The Kier molecular flexibility index (Phi) is 2.74. The van der Waals surface area contributed by atoms with Crippen LogP contribution in [-0.4, -0.2) is 10.1 Å². The van der Waals surface area contributed by atoms with E-state index in [0.717, 1.165) is 29.9 Å². The lowest BCUT2D eigenvalue weighted by molar-refractivity contribution is 0.410. The minimum absolute atomic E-state index is 0.861. The molecule has 0 saturated heterocycles. The van der Waals surface area contributed by atoms with Gasteiger partial charge in [0.25, 0.3) is 0 Å². The van der Waals surface area contributed by atoms with Gasteiger partial charge in [0.15, 0.2) is 5.76 Å². The van der Waals surface area contributed by atoms with E-state index in [1.165, 1.54) is 18.4 Å². The third-order valence-electron chi connectivity index (χ3n) is 3.07. The SMILES string of the molecule is C1=C(c2cc(-c3cccnc3)no2)CCCC1. The molecule has 0 bridgehead atoms. The Hall–Kier alpha value is -1.90. The van der Waals surface area contributed by atoms with Gasteiger partial charge in [0, 0.05) is 24.0 Å². The summed E-state index contributed by atoms with van der Waals surface area (Å²) in [5.41, 5.74) is 3.15. The van der Waals surface area contributed by atoms with E-state index in [1.54, 1.807) is 12.4 Å². The number of hydrogen-bond acceptors (Lipinski definition) is 3. The summed E-state index contributed by atoms with van der Waals surface area (Å²) in [5, 5.41) is 4.11. The molecule has 0 aliphatic heterocycles. The zero-order chi connectivity index (χ0) is 11.5. The Bertz CT molecular complexity index is 528. The predicted octanol–water partition coefficient (Wildman–Crippen LogP) is 3.69. The van der Waals surface area contributed by atoms with Crippen LogP contribution in [0.4, 0.5) is 0 Å². The van der Waals surface area contributed by atoms with Crippen LogP contribution in [0, 0.1) is 0 Å². The van der Waals surface area contributed by atoms with Gasteiger partial charge in [-0.25, -0.2) is 0 Å². The number of rotatable bonds is 2. The summed E-state index contributed by atoms with van der Waals surface area (Å²) < 4.78 is 5.41. The molecule has 3 rings (SSSR count). The highest BCUT2D eigenvalue weighted by Gasteiger charge is 2.12. The smallest absolute Gasteiger partial charge is 0.163 e. The Morgan fingerprint density at radius 1 is 1.24 bits per heavy atom. The van der Waals surface area contributed by atoms with Gasteiger partial charge in [0.2, 0.25) is 0 Å². The normalized spacial score (nSPS) is 15.6. The van der Waals surface area contributed by atoms with E-state index in [-0.39, 0.29) is 0 Å². The van der Waals surface area contributed by atoms with E-state index in [9.17, 15) is 0 Å². The molecule has 0 amide bonds. The molecule has 0 spiro atoms. The first kappa shape index (κ1) is 10.3. The van der Waals surface area contributed by atoms with Crippen molar-refractivity contribution in [2.45, 2.75) is 25.7 Å². The molecule has 17 heavy (non-hydrogen) atoms. The van der Waals surface area contributed by atoms with Crippen LogP contribution >= 0.6 is 0 Å². The number of allylic oxidation sites excluding steroid dienone is 2. The van der Waals surface area contributed by atoms with Crippen molar-refractivity contribution in [3.63, 3.8) is 0 Å². The summed E-state index contributed by atoms with van der Waals surface area (Å²) >= 11 is 0. The summed E-state index contributed by atoms with van der Waals surface area (Å²) in [4.78, 5) is 4.09. The van der Waals surface area contributed by atoms with Crippen LogP contribution in [-0.2, 0) is 0 Å². The second-order valence-electron chi connectivity index (χ2n) is 4.29. The molecule has 0 atom stereocenters. The van der Waals surface area contributed by atoms with Crippen molar-refractivity contribution in [3.8, 4) is 11.3 Å². The highest BCUT2D eigenvalue weighted by atomic mass is 16.5. The molecule has 2 aromatic rings. The van der Waals surface area contributed by atoms with E-state index >= 15 is 0 Å². The van der Waals surface area contributed by atoms with Gasteiger partial charge in [-0.2, -0.15) is 0 Å². The molecular weight excluding hydrogens is 212 g/mol. The summed E-state index contributed by atoms with van der Waals surface area (Å²) in [7, 11) is 0. The maximum atomic E-state index is 5.41. The van der Waals surface area contributed by atoms with Gasteiger partial charge in [0.1, 0.15) is 5.69 Å². The Labute approximate surface area is 100 Å². The highest BCUT2D eigenvalue weighted by molar-refractivity contribution is 5.67. The third-order valence-corrected chi connectivity index (χ3v) is 3.07. The van der Waals surface area contributed by atoms with Crippen LogP contribution in [0.25, 0.3) is 16.8 Å². The van der Waals surface area contributed by atoms with Crippen LogP contribution in [0.2, 0.25) is 0 Å². The van der Waals surface area contributed by atoms with Gasteiger partial charge < -0.3 is 4.52 Å². The van der Waals surface area contributed by atoms with E-state index in [0.29, 0.717) is 0 Å². The number of aromatic nitrogens is 2. The second-order valence-corrected chi connectivity index (χ2v) is 4.29. The van der Waals surface area contributed by atoms with E-state index in [4.69, 9.17) is 4.52 Å². The van der Waals surface area contributed by atoms with Crippen LogP contribution in [0.3, 0.4) is 0 Å². The molecule has 3 heteroatoms. The average molecular weight is 226 g/mol. The van der Waals surface area contributed by atoms with Crippen molar-refractivity contribution in [1.29, 1.82) is 0 Å². The summed E-state index contributed by atoms with van der Waals surface area (Å²) in [6, 6.07) is 5.90. The van der Waals surface area contributed by atoms with Crippen molar-refractivity contribution in [2.24, 2.45) is 0 Å². The molecule has 0 N–H and O–H groups in total. The first-order valence-electron chi connectivity index (χ1n) is 6.00. The van der Waals surface area contributed by atoms with Crippen molar-refractivity contribution < 1.29 is 4.52 Å². The zero-order valence-electron chi connectivity index (χ0n) is 9.60. The van der Waals surface area contributed by atoms with Gasteiger partial charge in [-0.3, -0.25) is 4.98 Å². The lowest BCUT2D eigenvalue weighted by atomic mass is 9.97. The lowest BCUT2D eigenvalue weighted by Gasteiger charge is -2.08. The maximum absolute atomic E-state index is 5.41. The average Bonchev–Trinajstić information content (AvgIpc) is 2.90. The van der Waals surface area contributed by atoms with Crippen molar-refractivity contribution >= 4 is 5.57 Å². The molecule has 0 radical (unpaired) electrons. The zero-order valence-corrected chi connectivity index (χ0v) is 9.60. The lowest BCUT2D eigenvalue weighted by Crippen LogP contribution is -1.89. The van der Waals surface area contributed by atoms with Gasteiger partial charge in [-0.05, 0) is 43.4 Å². The summed E-state index contributed by atoms with van der Waals surface area (Å²) in [6.07, 6.45) is 10.6. The Morgan fingerprint density at radius 3 is 3.00 bits per heavy atom.